The van der Waals surface area contributed by atoms with Crippen LogP contribution in [-0.4, -0.2) is 96.7 Å². The van der Waals surface area contributed by atoms with Crippen molar-refractivity contribution in [3.05, 3.63) is 122 Å². The lowest BCUT2D eigenvalue weighted by Crippen LogP contribution is -2.30. The van der Waals surface area contributed by atoms with Crippen LogP contribution in [0.15, 0.2) is 122 Å². The molecule has 0 radical (unpaired) electrons. The summed E-state index contributed by atoms with van der Waals surface area (Å²) in [6, 6.07) is 0. The molecule has 0 rings (SSSR count). The number of phosphoric acid groups is 2. The number of hydrogen-bond acceptors (Lipinski definition) is 15. The highest BCUT2D eigenvalue weighted by Gasteiger charge is 2.30. The average Bonchev–Trinajstić information content (AvgIpc) is 0.985. The molecular formula is C81H138O17P2. The maximum absolute atomic E-state index is 13.1. The summed E-state index contributed by atoms with van der Waals surface area (Å²) < 4.78 is 68.3. The minimum Gasteiger partial charge on any atom is -0.462 e. The average molecular weight is 1450 g/mol. The van der Waals surface area contributed by atoms with Crippen molar-refractivity contribution in [1.29, 1.82) is 0 Å². The molecule has 0 aromatic rings. The normalized spacial score (nSPS) is 14.6. The van der Waals surface area contributed by atoms with Crippen LogP contribution in [0.25, 0.3) is 0 Å². The van der Waals surface area contributed by atoms with Gasteiger partial charge in [0.05, 0.1) is 32.8 Å². The van der Waals surface area contributed by atoms with Gasteiger partial charge in [0.1, 0.15) is 19.3 Å². The smallest absolute Gasteiger partial charge is 0.462 e. The lowest BCUT2D eigenvalue weighted by atomic mass is 10.0. The van der Waals surface area contributed by atoms with Crippen LogP contribution < -0.4 is 0 Å². The van der Waals surface area contributed by atoms with E-state index in [0.717, 1.165) is 122 Å². The predicted molar refractivity (Wildman–Crippen MR) is 408 cm³/mol. The molecule has 100 heavy (non-hydrogen) atoms. The summed E-state index contributed by atoms with van der Waals surface area (Å²) >= 11 is 0. The van der Waals surface area contributed by atoms with Crippen LogP contribution in [0.5, 0.6) is 0 Å². The zero-order valence-corrected chi connectivity index (χ0v) is 64.4. The largest absolute Gasteiger partial charge is 0.472 e. The maximum Gasteiger partial charge on any atom is 0.472 e. The summed E-state index contributed by atoms with van der Waals surface area (Å²) in [5.74, 6) is -2.35. The Bertz CT molecular complexity index is 2370. The fourth-order valence-corrected chi connectivity index (χ4v) is 11.7. The van der Waals surface area contributed by atoms with E-state index in [0.29, 0.717) is 25.7 Å². The van der Waals surface area contributed by atoms with Crippen LogP contribution >= 0.6 is 15.6 Å². The molecule has 17 nitrogen and oxygen atoms in total. The Morgan fingerprint density at radius 2 is 0.560 bits per heavy atom. The Kier molecular flexibility index (Phi) is 69.5. The zero-order valence-electron chi connectivity index (χ0n) is 62.6. The number of esters is 4. The number of rotatable bonds is 72. The molecular weight excluding hydrogens is 1310 g/mol. The van der Waals surface area contributed by atoms with Gasteiger partial charge in [0.25, 0.3) is 0 Å². The molecule has 0 amide bonds. The fourth-order valence-electron chi connectivity index (χ4n) is 10.1. The van der Waals surface area contributed by atoms with E-state index < -0.39 is 97.5 Å². The second kappa shape index (κ2) is 72.8. The van der Waals surface area contributed by atoms with E-state index >= 15 is 0 Å². The van der Waals surface area contributed by atoms with Gasteiger partial charge in [0.2, 0.25) is 0 Å². The van der Waals surface area contributed by atoms with Gasteiger partial charge in [-0.05, 0) is 96.3 Å². The molecule has 0 aromatic carbocycles. The van der Waals surface area contributed by atoms with E-state index in [2.05, 4.69) is 125 Å². The quantitative estimate of drug-likeness (QED) is 0.0169. The van der Waals surface area contributed by atoms with Crippen molar-refractivity contribution in [2.75, 3.05) is 39.6 Å². The van der Waals surface area contributed by atoms with E-state index in [4.69, 9.17) is 37.0 Å². The highest BCUT2D eigenvalue weighted by Crippen LogP contribution is 2.45. The molecule has 5 atom stereocenters. The van der Waals surface area contributed by atoms with Gasteiger partial charge >= 0.3 is 39.5 Å². The molecule has 574 valence electrons. The summed E-state index contributed by atoms with van der Waals surface area (Å²) in [6.45, 7) is 4.51. The van der Waals surface area contributed by atoms with Gasteiger partial charge in [-0.15, -0.1) is 0 Å². The molecule has 0 aliphatic heterocycles. The number of carbonyl (C=O) groups is 4. The molecule has 3 N–H and O–H groups in total. The van der Waals surface area contributed by atoms with Crippen molar-refractivity contribution in [3.63, 3.8) is 0 Å². The van der Waals surface area contributed by atoms with Crippen molar-refractivity contribution >= 4 is 39.5 Å². The van der Waals surface area contributed by atoms with Crippen molar-refractivity contribution in [2.24, 2.45) is 0 Å². The van der Waals surface area contributed by atoms with Gasteiger partial charge in [0, 0.05) is 19.3 Å². The molecule has 0 heterocycles. The van der Waals surface area contributed by atoms with E-state index in [9.17, 15) is 43.2 Å². The molecule has 5 unspecified atom stereocenters. The second-order valence-corrected chi connectivity index (χ2v) is 28.5. The first-order valence-electron chi connectivity index (χ1n) is 38.8. The van der Waals surface area contributed by atoms with E-state index in [-0.39, 0.29) is 25.7 Å². The molecule has 0 saturated heterocycles. The van der Waals surface area contributed by atoms with Crippen molar-refractivity contribution in [3.8, 4) is 0 Å². The number of aliphatic hydroxyl groups is 1. The number of phosphoric ester groups is 2. The number of hydrogen-bond donors (Lipinski definition) is 3. The first kappa shape index (κ1) is 95.5. The lowest BCUT2D eigenvalue weighted by Gasteiger charge is -2.21. The van der Waals surface area contributed by atoms with Gasteiger partial charge in [-0.2, -0.15) is 0 Å². The monoisotopic (exact) mass is 1440 g/mol. The predicted octanol–water partition coefficient (Wildman–Crippen LogP) is 22.3. The third-order valence-corrected chi connectivity index (χ3v) is 17.9. The highest BCUT2D eigenvalue weighted by atomic mass is 31.2. The van der Waals surface area contributed by atoms with Crippen LogP contribution in [0.3, 0.4) is 0 Å². The summed E-state index contributed by atoms with van der Waals surface area (Å²) in [4.78, 5) is 72.8. The Labute approximate surface area is 606 Å². The topological polar surface area (TPSA) is 237 Å². The summed E-state index contributed by atoms with van der Waals surface area (Å²) in [5.41, 5.74) is 0. The Morgan fingerprint density at radius 3 is 0.890 bits per heavy atom. The van der Waals surface area contributed by atoms with E-state index in [1.54, 1.807) is 12.2 Å². The maximum atomic E-state index is 13.1. The fraction of sp³-hybridized carbons (Fsp3) is 0.704. The molecule has 0 aromatic heterocycles. The van der Waals surface area contributed by atoms with Gasteiger partial charge in [-0.1, -0.05) is 310 Å². The van der Waals surface area contributed by atoms with Crippen molar-refractivity contribution < 1.29 is 80.2 Å². The Balaban J connectivity index is 5.41. The first-order chi connectivity index (χ1) is 48.7. The van der Waals surface area contributed by atoms with Crippen molar-refractivity contribution in [1.82, 2.24) is 0 Å². The third kappa shape index (κ3) is 71.8. The molecule has 0 saturated carbocycles. The summed E-state index contributed by atoms with van der Waals surface area (Å²) in [6.07, 6.45) is 79.4. The standard InChI is InChI=1S/C81H138O17P2/c1-5-9-13-17-21-25-29-32-35-36-37-38-41-43-47-50-54-58-62-66-79(84)92-72-77(98-81(86)68-64-60-56-52-48-44-40-34-31-27-23-19-15-11-7-3)74-96-100(89,90)94-70-75(82)69-93-99(87,88)95-73-76(97-80(85)67-63-59-55-51-45-28-24-20-16-12-8-4)71-91-78(83)65-61-57-53-49-46-42-39-33-30-26-22-18-14-10-6-2/h9,11,13,15,21,23,25,27,32,34-35,37-38,40,43,47-48,52,60,64,75-77,82H,5-8,10,12,14,16-20,22,24,26,28-31,33,36,39,41-42,44-46,49-51,53-59,61-63,65-74H2,1-4H3,(H,87,88)(H,89,90)/b13-9-,15-11-,25-21-,27-23-,35-32-,38-37-,40-34-,47-43-,52-48-,64-60-. The van der Waals surface area contributed by atoms with Crippen LogP contribution in [-0.2, 0) is 65.4 Å². The van der Waals surface area contributed by atoms with E-state index in [1.165, 1.54) is 109 Å². The van der Waals surface area contributed by atoms with E-state index in [1.807, 2.05) is 12.2 Å². The molecule has 0 spiro atoms. The number of allylic oxidation sites excluding steroid dienone is 19. The van der Waals surface area contributed by atoms with Gasteiger partial charge in [-0.25, -0.2) is 9.13 Å². The van der Waals surface area contributed by atoms with Gasteiger partial charge in [-0.3, -0.25) is 37.3 Å². The molecule has 0 bridgehead atoms. The molecule has 0 aliphatic rings. The number of ether oxygens (including phenoxy) is 4. The number of unbranched alkanes of at least 4 members (excludes halogenated alkanes) is 27. The number of carbonyl (C=O) groups excluding carboxylic acids is 4. The minimum atomic E-state index is -5.01. The van der Waals surface area contributed by atoms with Crippen LogP contribution in [0.1, 0.15) is 310 Å². The summed E-state index contributed by atoms with van der Waals surface area (Å²) in [5, 5.41) is 10.6. The van der Waals surface area contributed by atoms with Crippen molar-refractivity contribution in [2.45, 2.75) is 329 Å². The highest BCUT2D eigenvalue weighted by molar-refractivity contribution is 7.47. The molecule has 19 heteroatoms. The SMILES string of the molecule is CC/C=C\C/C=C\C/C=C\C/C=C\C/C=C\CCCCCC(=O)OCC(COP(=O)(O)OCC(O)COP(=O)(O)OCC(COC(=O)CCCCCCCCCCCCCCCCC)OC(=O)CCCCCCCCCCCCC)OC(=O)C/C=C\C/C=C\C/C=C\C/C=C\C/C=C\CC. The van der Waals surface area contributed by atoms with Crippen LogP contribution in [0, 0.1) is 0 Å². The Morgan fingerprint density at radius 1 is 0.300 bits per heavy atom. The first-order valence-corrected chi connectivity index (χ1v) is 41.8. The zero-order chi connectivity index (χ0) is 73.2. The van der Waals surface area contributed by atoms with Crippen LogP contribution in [0.4, 0.5) is 0 Å². The second-order valence-electron chi connectivity index (χ2n) is 25.6. The van der Waals surface area contributed by atoms with Crippen LogP contribution in [0.2, 0.25) is 0 Å². The Hall–Kier alpha value is -4.54. The number of aliphatic hydroxyl groups excluding tert-OH is 1. The van der Waals surface area contributed by atoms with Gasteiger partial charge < -0.3 is 33.8 Å². The molecule has 0 aliphatic carbocycles. The minimum absolute atomic E-state index is 0.0951. The summed E-state index contributed by atoms with van der Waals surface area (Å²) in [7, 11) is -9.99. The molecule has 0 fully saturated rings. The lowest BCUT2D eigenvalue weighted by molar-refractivity contribution is -0.161. The third-order valence-electron chi connectivity index (χ3n) is 16.0. The van der Waals surface area contributed by atoms with Gasteiger partial charge in [0.15, 0.2) is 12.2 Å².